The van der Waals surface area contributed by atoms with Crippen molar-refractivity contribution in [3.8, 4) is 11.6 Å². The number of carbonyl (C=O) groups is 2. The van der Waals surface area contributed by atoms with Crippen LogP contribution in [0.25, 0.3) is 0 Å². The molecular formula is C23H25ClF4N4O5. The molecule has 1 aromatic carbocycles. The predicted molar refractivity (Wildman–Crippen MR) is 127 cm³/mol. The number of halogens is 5. The Morgan fingerprint density at radius 2 is 2.03 bits per heavy atom. The highest BCUT2D eigenvalue weighted by Crippen LogP contribution is 2.35. The number of aliphatic hydroxyl groups is 1. The van der Waals surface area contributed by atoms with Crippen LogP contribution < -0.4 is 20.1 Å². The van der Waals surface area contributed by atoms with Gasteiger partial charge in [0, 0.05) is 18.8 Å². The number of hydrogen-bond acceptors (Lipinski definition) is 6. The van der Waals surface area contributed by atoms with Crippen LogP contribution in [0, 0.1) is 12.7 Å². The Labute approximate surface area is 214 Å². The number of aryl methyl sites for hydroxylation is 1. The largest absolute Gasteiger partial charge is 0.480 e. The first kappa shape index (κ1) is 28.3. The molecule has 0 saturated carbocycles. The van der Waals surface area contributed by atoms with Gasteiger partial charge in [-0.2, -0.15) is 13.2 Å². The van der Waals surface area contributed by atoms with Crippen molar-refractivity contribution >= 4 is 34.9 Å². The zero-order chi connectivity index (χ0) is 27.5. The Balaban J connectivity index is 1.98. The summed E-state index contributed by atoms with van der Waals surface area (Å²) in [5.41, 5.74) is -0.629. The van der Waals surface area contributed by atoms with Crippen molar-refractivity contribution in [2.24, 2.45) is 0 Å². The molecule has 1 aromatic heterocycles. The first-order chi connectivity index (χ1) is 17.4. The van der Waals surface area contributed by atoms with E-state index in [1.54, 1.807) is 6.92 Å². The molecule has 2 heterocycles. The number of likely N-dealkylation sites (tertiary alicyclic amines) is 1. The van der Waals surface area contributed by atoms with Crippen LogP contribution in [0.2, 0.25) is 5.02 Å². The van der Waals surface area contributed by atoms with Crippen molar-refractivity contribution in [1.82, 2.24) is 9.88 Å². The molecule has 0 spiro atoms. The molecule has 3 N–H and O–H groups in total. The average molecular weight is 549 g/mol. The van der Waals surface area contributed by atoms with Crippen molar-refractivity contribution in [1.29, 1.82) is 0 Å². The lowest BCUT2D eigenvalue weighted by Crippen LogP contribution is -2.40. The molecular weight excluding hydrogens is 524 g/mol. The Kier molecular flexibility index (Phi) is 8.69. The van der Waals surface area contributed by atoms with E-state index < -0.39 is 53.1 Å². The number of amides is 3. The molecule has 14 heteroatoms. The first-order valence-electron chi connectivity index (χ1n) is 11.1. The van der Waals surface area contributed by atoms with Crippen LogP contribution in [0.5, 0.6) is 11.6 Å². The van der Waals surface area contributed by atoms with E-state index in [9.17, 15) is 27.9 Å². The SMILES string of the molecule is COc1ncc(C)c(NC(=O)c2cc(F)c(NC(=O)N3CCC[C@@H]3CO)cc2O[C@@H](C)C(F)(F)F)c1Cl. The maximum absolute atomic E-state index is 15.0. The normalized spacial score (nSPS) is 16.4. The third-order valence-electron chi connectivity index (χ3n) is 5.78. The van der Waals surface area contributed by atoms with Gasteiger partial charge in [-0.25, -0.2) is 14.2 Å². The zero-order valence-corrected chi connectivity index (χ0v) is 20.8. The number of methoxy groups -OCH3 is 1. The summed E-state index contributed by atoms with van der Waals surface area (Å²) in [6.45, 7) is 2.29. The van der Waals surface area contributed by atoms with Gasteiger partial charge in [0.25, 0.3) is 5.91 Å². The number of urea groups is 1. The van der Waals surface area contributed by atoms with E-state index in [-0.39, 0.29) is 23.2 Å². The highest BCUT2D eigenvalue weighted by atomic mass is 35.5. The number of ether oxygens (including phenoxy) is 2. The Hall–Kier alpha value is -3.32. The molecule has 0 aliphatic carbocycles. The number of benzene rings is 1. The lowest BCUT2D eigenvalue weighted by Gasteiger charge is -2.24. The van der Waals surface area contributed by atoms with Crippen LogP contribution in [0.15, 0.2) is 18.3 Å². The number of pyridine rings is 1. The van der Waals surface area contributed by atoms with Crippen LogP contribution in [0.3, 0.4) is 0 Å². The van der Waals surface area contributed by atoms with E-state index in [1.165, 1.54) is 18.2 Å². The molecule has 3 amide bonds. The molecule has 9 nitrogen and oxygen atoms in total. The third-order valence-corrected chi connectivity index (χ3v) is 6.13. The summed E-state index contributed by atoms with van der Waals surface area (Å²) in [5, 5.41) is 14.1. The van der Waals surface area contributed by atoms with Crippen molar-refractivity contribution in [3.63, 3.8) is 0 Å². The zero-order valence-electron chi connectivity index (χ0n) is 20.1. The second-order valence-electron chi connectivity index (χ2n) is 8.33. The van der Waals surface area contributed by atoms with E-state index in [0.29, 0.717) is 37.9 Å². The number of nitrogens with one attached hydrogen (secondary N) is 2. The summed E-state index contributed by atoms with van der Waals surface area (Å²) >= 11 is 6.20. The maximum atomic E-state index is 15.0. The fourth-order valence-electron chi connectivity index (χ4n) is 3.69. The molecule has 2 atom stereocenters. The van der Waals surface area contributed by atoms with Gasteiger partial charge < -0.3 is 30.1 Å². The second kappa shape index (κ2) is 11.4. The molecule has 37 heavy (non-hydrogen) atoms. The summed E-state index contributed by atoms with van der Waals surface area (Å²) in [6.07, 6.45) is -4.64. The van der Waals surface area contributed by atoms with Crippen molar-refractivity contribution in [2.45, 2.75) is 45.0 Å². The lowest BCUT2D eigenvalue weighted by molar-refractivity contribution is -0.189. The van der Waals surface area contributed by atoms with Crippen molar-refractivity contribution in [3.05, 3.63) is 40.3 Å². The van der Waals surface area contributed by atoms with Gasteiger partial charge in [0.15, 0.2) is 6.10 Å². The number of alkyl halides is 3. The summed E-state index contributed by atoms with van der Waals surface area (Å²) < 4.78 is 64.7. The molecule has 1 aliphatic heterocycles. The maximum Gasteiger partial charge on any atom is 0.425 e. The minimum Gasteiger partial charge on any atom is -0.480 e. The summed E-state index contributed by atoms with van der Waals surface area (Å²) in [4.78, 5) is 30.9. The fourth-order valence-corrected chi connectivity index (χ4v) is 4.02. The number of hydrogen-bond donors (Lipinski definition) is 3. The Morgan fingerprint density at radius 1 is 1.32 bits per heavy atom. The van der Waals surface area contributed by atoms with Crippen LogP contribution >= 0.6 is 11.6 Å². The highest BCUT2D eigenvalue weighted by molar-refractivity contribution is 6.35. The quantitative estimate of drug-likeness (QED) is 0.430. The topological polar surface area (TPSA) is 113 Å². The number of carbonyl (C=O) groups excluding carboxylic acids is 2. The molecule has 0 unspecified atom stereocenters. The monoisotopic (exact) mass is 548 g/mol. The predicted octanol–water partition coefficient (Wildman–Crippen LogP) is 4.76. The van der Waals surface area contributed by atoms with E-state index in [0.717, 1.165) is 6.07 Å². The lowest BCUT2D eigenvalue weighted by atomic mass is 10.1. The van der Waals surface area contributed by atoms with Gasteiger partial charge in [-0.15, -0.1) is 0 Å². The molecule has 1 aliphatic rings. The summed E-state index contributed by atoms with van der Waals surface area (Å²) in [7, 11) is 1.30. The van der Waals surface area contributed by atoms with Gasteiger partial charge >= 0.3 is 12.2 Å². The van der Waals surface area contributed by atoms with Gasteiger partial charge in [-0.1, -0.05) is 11.6 Å². The average Bonchev–Trinajstić information content (AvgIpc) is 3.32. The number of nitrogens with zero attached hydrogens (tertiary/aromatic N) is 2. The molecule has 1 fully saturated rings. The van der Waals surface area contributed by atoms with Crippen molar-refractivity contribution < 1.29 is 41.7 Å². The molecule has 1 saturated heterocycles. The summed E-state index contributed by atoms with van der Waals surface area (Å²) in [5.74, 6) is -2.77. The molecule has 0 radical (unpaired) electrons. The first-order valence-corrected chi connectivity index (χ1v) is 11.5. The van der Waals surface area contributed by atoms with Gasteiger partial charge in [0.1, 0.15) is 16.6 Å². The van der Waals surface area contributed by atoms with Crippen LogP contribution in [0.1, 0.15) is 35.7 Å². The van der Waals surface area contributed by atoms with Gasteiger partial charge in [-0.05, 0) is 38.3 Å². The standard InChI is InChI=1S/C23H25ClF4N4O5/c1-11-9-29-21(36-3)18(24)19(11)31-20(34)14-7-15(25)16(8-17(14)37-12(2)23(26,27)28)30-22(35)32-6-4-5-13(32)10-33/h7-9,12-13,33H,4-6,10H2,1-3H3,(H,30,35)(H,29,31,34)/t12-,13+/m0/s1. The third kappa shape index (κ3) is 6.34. The molecule has 3 rings (SSSR count). The molecule has 202 valence electrons. The van der Waals surface area contributed by atoms with E-state index >= 15 is 4.39 Å². The summed E-state index contributed by atoms with van der Waals surface area (Å²) in [6, 6.07) is 0.224. The fraction of sp³-hybridized carbons (Fsp3) is 0.435. The van der Waals surface area contributed by atoms with Gasteiger partial charge in [0.05, 0.1) is 36.7 Å². The Morgan fingerprint density at radius 3 is 2.65 bits per heavy atom. The van der Waals surface area contributed by atoms with Crippen LogP contribution in [-0.4, -0.2) is 65.5 Å². The van der Waals surface area contributed by atoms with Crippen molar-refractivity contribution in [2.75, 3.05) is 30.9 Å². The number of rotatable bonds is 7. The smallest absolute Gasteiger partial charge is 0.425 e. The molecule has 0 bridgehead atoms. The minimum absolute atomic E-state index is 0.0166. The Bertz CT molecular complexity index is 1180. The molecule has 2 aromatic rings. The van der Waals surface area contributed by atoms with Crippen LogP contribution in [0.4, 0.5) is 33.7 Å². The number of anilines is 2. The van der Waals surface area contributed by atoms with Crippen LogP contribution in [-0.2, 0) is 0 Å². The highest BCUT2D eigenvalue weighted by Gasteiger charge is 2.39. The number of aliphatic hydroxyl groups excluding tert-OH is 1. The van der Waals surface area contributed by atoms with E-state index in [1.807, 2.05) is 0 Å². The van der Waals surface area contributed by atoms with Gasteiger partial charge in [-0.3, -0.25) is 4.79 Å². The van der Waals surface area contributed by atoms with E-state index in [2.05, 4.69) is 15.6 Å². The minimum atomic E-state index is -4.80. The number of aromatic nitrogens is 1. The second-order valence-corrected chi connectivity index (χ2v) is 8.70. The van der Waals surface area contributed by atoms with Gasteiger partial charge in [0.2, 0.25) is 5.88 Å². The van der Waals surface area contributed by atoms with E-state index in [4.69, 9.17) is 21.1 Å².